The van der Waals surface area contributed by atoms with Gasteiger partial charge in [-0.25, -0.2) is 0 Å². The molecule has 0 bridgehead atoms. The Labute approximate surface area is 103 Å². The number of amides is 1. The lowest BCUT2D eigenvalue weighted by Gasteiger charge is -2.03. The van der Waals surface area contributed by atoms with Crippen molar-refractivity contribution in [3.63, 3.8) is 0 Å². The van der Waals surface area contributed by atoms with Crippen molar-refractivity contribution < 1.29 is 4.79 Å². The van der Waals surface area contributed by atoms with E-state index in [-0.39, 0.29) is 5.91 Å². The molecular weight excluding hydrogens is 242 g/mol. The first kappa shape index (κ1) is 11.2. The predicted molar refractivity (Wildman–Crippen MR) is 68.5 cm³/mol. The summed E-state index contributed by atoms with van der Waals surface area (Å²) in [6.07, 6.45) is 0. The zero-order chi connectivity index (χ0) is 11.5. The second-order valence-electron chi connectivity index (χ2n) is 3.41. The zero-order valence-corrected chi connectivity index (χ0v) is 10.2. The number of rotatable bonds is 2. The smallest absolute Gasteiger partial charge is 0.256 e. The van der Waals surface area contributed by atoms with E-state index in [0.29, 0.717) is 10.6 Å². The first-order valence-electron chi connectivity index (χ1n) is 4.77. The minimum absolute atomic E-state index is 0.0910. The quantitative estimate of drug-likeness (QED) is 0.860. The maximum atomic E-state index is 11.8. The number of benzene rings is 1. The van der Waals surface area contributed by atoms with Crippen LogP contribution in [-0.4, -0.2) is 5.91 Å². The van der Waals surface area contributed by atoms with Crippen LogP contribution in [0.5, 0.6) is 0 Å². The zero-order valence-electron chi connectivity index (χ0n) is 8.66. The second kappa shape index (κ2) is 4.68. The Morgan fingerprint density at radius 2 is 2.00 bits per heavy atom. The van der Waals surface area contributed by atoms with Crippen LogP contribution in [0.15, 0.2) is 35.7 Å². The van der Waals surface area contributed by atoms with Crippen LogP contribution in [0.4, 0.5) is 5.69 Å². The summed E-state index contributed by atoms with van der Waals surface area (Å²) >= 11 is 7.32. The fourth-order valence-corrected chi connectivity index (χ4v) is 2.11. The molecule has 82 valence electrons. The van der Waals surface area contributed by atoms with Crippen molar-refractivity contribution in [3.05, 3.63) is 51.2 Å². The summed E-state index contributed by atoms with van der Waals surface area (Å²) in [7, 11) is 0. The normalized spacial score (nSPS) is 10.1. The summed E-state index contributed by atoms with van der Waals surface area (Å²) in [6, 6.07) is 8.92. The molecule has 1 amide bonds. The fourth-order valence-electron chi connectivity index (χ4n) is 1.30. The molecule has 16 heavy (non-hydrogen) atoms. The monoisotopic (exact) mass is 251 g/mol. The van der Waals surface area contributed by atoms with Crippen molar-refractivity contribution in [2.45, 2.75) is 6.92 Å². The fraction of sp³-hybridized carbons (Fsp3) is 0.0833. The number of halogens is 1. The molecule has 0 saturated carbocycles. The molecule has 0 aliphatic heterocycles. The number of hydrogen-bond acceptors (Lipinski definition) is 2. The van der Waals surface area contributed by atoms with Gasteiger partial charge in [0.2, 0.25) is 0 Å². The molecule has 0 fully saturated rings. The van der Waals surface area contributed by atoms with Crippen molar-refractivity contribution in [2.24, 2.45) is 0 Å². The average molecular weight is 252 g/mol. The van der Waals surface area contributed by atoms with E-state index in [1.165, 1.54) is 0 Å². The average Bonchev–Trinajstić information content (AvgIpc) is 2.68. The van der Waals surface area contributed by atoms with Crippen LogP contribution in [0.3, 0.4) is 0 Å². The van der Waals surface area contributed by atoms with Crippen LogP contribution < -0.4 is 5.32 Å². The maximum Gasteiger partial charge on any atom is 0.256 e. The molecule has 0 atom stereocenters. The Kier molecular flexibility index (Phi) is 3.27. The van der Waals surface area contributed by atoms with E-state index in [1.54, 1.807) is 35.6 Å². The first-order valence-corrected chi connectivity index (χ1v) is 6.03. The summed E-state index contributed by atoms with van der Waals surface area (Å²) in [4.78, 5) is 12.9. The van der Waals surface area contributed by atoms with E-state index in [1.807, 2.05) is 18.4 Å². The van der Waals surface area contributed by atoms with Crippen molar-refractivity contribution in [1.29, 1.82) is 0 Å². The van der Waals surface area contributed by atoms with Gasteiger partial charge < -0.3 is 5.32 Å². The molecule has 4 heteroatoms. The minimum atomic E-state index is -0.0910. The standard InChI is InChI=1S/C12H10ClNOS/c1-8-6-9(7-16-8)12(15)14-11-4-2-10(13)3-5-11/h2-7H,1H3,(H,14,15). The molecular formula is C12H10ClNOS. The topological polar surface area (TPSA) is 29.1 Å². The van der Waals surface area contributed by atoms with Gasteiger partial charge in [0.25, 0.3) is 5.91 Å². The van der Waals surface area contributed by atoms with Crippen LogP contribution in [0.25, 0.3) is 0 Å². The van der Waals surface area contributed by atoms with E-state index in [2.05, 4.69) is 5.32 Å². The molecule has 0 saturated heterocycles. The Hall–Kier alpha value is -1.32. The van der Waals surface area contributed by atoms with Crippen molar-refractivity contribution in [3.8, 4) is 0 Å². The summed E-state index contributed by atoms with van der Waals surface area (Å²) in [6.45, 7) is 1.98. The highest BCUT2D eigenvalue weighted by Crippen LogP contribution is 2.17. The van der Waals surface area contributed by atoms with Crippen molar-refractivity contribution in [2.75, 3.05) is 5.32 Å². The Bertz CT molecular complexity index is 504. The molecule has 0 unspecified atom stereocenters. The van der Waals surface area contributed by atoms with Gasteiger partial charge in [-0.2, -0.15) is 0 Å². The number of anilines is 1. The van der Waals surface area contributed by atoms with Crippen LogP contribution in [0.2, 0.25) is 5.02 Å². The number of aryl methyl sites for hydroxylation is 1. The summed E-state index contributed by atoms with van der Waals surface area (Å²) in [5, 5.41) is 5.31. The van der Waals surface area contributed by atoms with Gasteiger partial charge in [-0.15, -0.1) is 11.3 Å². The summed E-state index contributed by atoms with van der Waals surface area (Å²) in [5.74, 6) is -0.0910. The molecule has 0 radical (unpaired) electrons. The first-order chi connectivity index (χ1) is 7.65. The highest BCUT2D eigenvalue weighted by atomic mass is 35.5. The molecule has 1 N–H and O–H groups in total. The highest BCUT2D eigenvalue weighted by molar-refractivity contribution is 7.10. The van der Waals surface area contributed by atoms with Crippen LogP contribution in [-0.2, 0) is 0 Å². The van der Waals surface area contributed by atoms with Gasteiger partial charge in [0, 0.05) is 21.0 Å². The van der Waals surface area contributed by atoms with Gasteiger partial charge in [-0.3, -0.25) is 4.79 Å². The molecule has 1 aromatic heterocycles. The number of thiophene rings is 1. The van der Waals surface area contributed by atoms with Gasteiger partial charge in [-0.05, 0) is 37.3 Å². The number of carbonyl (C=O) groups excluding carboxylic acids is 1. The Morgan fingerprint density at radius 3 is 2.56 bits per heavy atom. The number of hydrogen-bond donors (Lipinski definition) is 1. The van der Waals surface area contributed by atoms with Crippen LogP contribution in [0.1, 0.15) is 15.2 Å². The maximum absolute atomic E-state index is 11.8. The molecule has 2 nitrogen and oxygen atoms in total. The Morgan fingerprint density at radius 1 is 1.31 bits per heavy atom. The lowest BCUT2D eigenvalue weighted by atomic mass is 10.2. The van der Waals surface area contributed by atoms with Gasteiger partial charge >= 0.3 is 0 Å². The van der Waals surface area contributed by atoms with Gasteiger partial charge in [0.1, 0.15) is 0 Å². The second-order valence-corrected chi connectivity index (χ2v) is 4.96. The third-order valence-electron chi connectivity index (χ3n) is 2.09. The largest absolute Gasteiger partial charge is 0.322 e. The third kappa shape index (κ3) is 2.62. The van der Waals surface area contributed by atoms with E-state index in [4.69, 9.17) is 11.6 Å². The van der Waals surface area contributed by atoms with Crippen molar-refractivity contribution >= 4 is 34.5 Å². The predicted octanol–water partition coefficient (Wildman–Crippen LogP) is 3.96. The number of carbonyl (C=O) groups is 1. The third-order valence-corrected chi connectivity index (χ3v) is 3.21. The molecule has 2 rings (SSSR count). The van der Waals surface area contributed by atoms with Crippen LogP contribution in [0, 0.1) is 6.92 Å². The lowest BCUT2D eigenvalue weighted by molar-refractivity contribution is 0.102. The highest BCUT2D eigenvalue weighted by Gasteiger charge is 2.07. The minimum Gasteiger partial charge on any atom is -0.322 e. The molecule has 0 aliphatic carbocycles. The van der Waals surface area contributed by atoms with E-state index in [9.17, 15) is 4.79 Å². The molecule has 0 spiro atoms. The summed E-state index contributed by atoms with van der Waals surface area (Å²) in [5.41, 5.74) is 1.44. The SMILES string of the molecule is Cc1cc(C(=O)Nc2ccc(Cl)cc2)cs1. The van der Waals surface area contributed by atoms with Gasteiger partial charge in [0.05, 0.1) is 5.56 Å². The Balaban J connectivity index is 2.10. The molecule has 1 heterocycles. The van der Waals surface area contributed by atoms with Crippen LogP contribution >= 0.6 is 22.9 Å². The van der Waals surface area contributed by atoms with Gasteiger partial charge in [-0.1, -0.05) is 11.6 Å². The lowest BCUT2D eigenvalue weighted by Crippen LogP contribution is -2.10. The molecule has 2 aromatic rings. The van der Waals surface area contributed by atoms with Gasteiger partial charge in [0.15, 0.2) is 0 Å². The van der Waals surface area contributed by atoms with E-state index < -0.39 is 0 Å². The van der Waals surface area contributed by atoms with E-state index >= 15 is 0 Å². The summed E-state index contributed by atoms with van der Waals surface area (Å²) < 4.78 is 0. The molecule has 0 aliphatic rings. The molecule has 1 aromatic carbocycles. The van der Waals surface area contributed by atoms with E-state index in [0.717, 1.165) is 10.6 Å². The van der Waals surface area contributed by atoms with Crippen molar-refractivity contribution in [1.82, 2.24) is 0 Å². The number of nitrogens with one attached hydrogen (secondary N) is 1.